The van der Waals surface area contributed by atoms with Crippen LogP contribution in [0.4, 0.5) is 5.82 Å². The minimum absolute atomic E-state index is 0.226. The molecular weight excluding hydrogens is 166 g/mol. The molecule has 1 aromatic heterocycles. The van der Waals surface area contributed by atoms with Gasteiger partial charge in [-0.1, -0.05) is 6.92 Å². The predicted molar refractivity (Wildman–Crippen MR) is 51.3 cm³/mol. The molecule has 70 valence electrons. The van der Waals surface area contributed by atoms with Gasteiger partial charge in [0.1, 0.15) is 5.82 Å². The first-order valence-corrected chi connectivity index (χ1v) is 4.12. The molecule has 0 aliphatic rings. The summed E-state index contributed by atoms with van der Waals surface area (Å²) in [5.41, 5.74) is 12.7. The number of hydrogen-bond acceptors (Lipinski definition) is 3. The summed E-state index contributed by atoms with van der Waals surface area (Å²) >= 11 is 0. The number of rotatable bonds is 2. The van der Waals surface area contributed by atoms with Crippen LogP contribution >= 0.6 is 0 Å². The van der Waals surface area contributed by atoms with Crippen molar-refractivity contribution in [2.75, 3.05) is 5.73 Å². The van der Waals surface area contributed by atoms with Gasteiger partial charge in [0.05, 0.1) is 5.56 Å². The van der Waals surface area contributed by atoms with E-state index in [1.807, 2.05) is 13.0 Å². The lowest BCUT2D eigenvalue weighted by atomic mass is 10.1. The van der Waals surface area contributed by atoms with Gasteiger partial charge in [-0.25, -0.2) is 4.98 Å². The van der Waals surface area contributed by atoms with E-state index in [0.717, 1.165) is 17.7 Å². The molecule has 4 heteroatoms. The molecule has 1 aromatic rings. The van der Waals surface area contributed by atoms with Crippen molar-refractivity contribution in [1.29, 1.82) is 0 Å². The number of carbonyl (C=O) groups excluding carboxylic acids is 1. The maximum absolute atomic E-state index is 10.9. The lowest BCUT2D eigenvalue weighted by molar-refractivity contribution is 0.100. The fourth-order valence-electron chi connectivity index (χ4n) is 1.27. The molecule has 4 N–H and O–H groups in total. The van der Waals surface area contributed by atoms with Crippen LogP contribution in [-0.4, -0.2) is 10.9 Å². The summed E-state index contributed by atoms with van der Waals surface area (Å²) in [6.07, 6.45) is 0.796. The average Bonchev–Trinajstić information content (AvgIpc) is 2.02. The van der Waals surface area contributed by atoms with Crippen LogP contribution in [0.1, 0.15) is 28.5 Å². The molecule has 0 unspecified atom stereocenters. The molecule has 1 rings (SSSR count). The Morgan fingerprint density at radius 2 is 2.23 bits per heavy atom. The highest BCUT2D eigenvalue weighted by Crippen LogP contribution is 2.15. The molecule has 0 radical (unpaired) electrons. The topological polar surface area (TPSA) is 82.0 Å². The number of carbonyl (C=O) groups is 1. The minimum Gasteiger partial charge on any atom is -0.383 e. The van der Waals surface area contributed by atoms with Gasteiger partial charge < -0.3 is 11.5 Å². The molecule has 0 saturated carbocycles. The van der Waals surface area contributed by atoms with Crippen molar-refractivity contribution in [3.8, 4) is 0 Å². The zero-order valence-electron chi connectivity index (χ0n) is 7.79. The van der Waals surface area contributed by atoms with E-state index in [2.05, 4.69) is 4.98 Å². The fraction of sp³-hybridized carbons (Fsp3) is 0.333. The predicted octanol–water partition coefficient (Wildman–Crippen LogP) is 0.634. The van der Waals surface area contributed by atoms with E-state index in [1.165, 1.54) is 0 Å². The van der Waals surface area contributed by atoms with Crippen LogP contribution in [-0.2, 0) is 6.42 Å². The molecule has 0 fully saturated rings. The second-order valence-corrected chi connectivity index (χ2v) is 2.91. The van der Waals surface area contributed by atoms with E-state index in [-0.39, 0.29) is 5.82 Å². The molecule has 0 atom stereocenters. The zero-order chi connectivity index (χ0) is 10.0. The minimum atomic E-state index is -0.523. The molecular formula is C9H13N3O. The van der Waals surface area contributed by atoms with Crippen LogP contribution in [0.3, 0.4) is 0 Å². The highest BCUT2D eigenvalue weighted by Gasteiger charge is 2.11. The number of primary amides is 1. The van der Waals surface area contributed by atoms with Crippen molar-refractivity contribution >= 4 is 11.7 Å². The first-order chi connectivity index (χ1) is 6.06. The van der Waals surface area contributed by atoms with Crippen LogP contribution in [0.2, 0.25) is 0 Å². The first kappa shape index (κ1) is 9.51. The number of hydrogen-bond donors (Lipinski definition) is 2. The maximum Gasteiger partial charge on any atom is 0.252 e. The molecule has 0 spiro atoms. The highest BCUT2D eigenvalue weighted by molar-refractivity contribution is 5.98. The van der Waals surface area contributed by atoms with Crippen molar-refractivity contribution in [3.05, 3.63) is 22.9 Å². The summed E-state index contributed by atoms with van der Waals surface area (Å²) in [6, 6.07) is 1.83. The summed E-state index contributed by atoms with van der Waals surface area (Å²) in [6.45, 7) is 3.78. The third-order valence-corrected chi connectivity index (χ3v) is 1.91. The number of nitrogen functional groups attached to an aromatic ring is 1. The molecule has 4 nitrogen and oxygen atoms in total. The van der Waals surface area contributed by atoms with Crippen LogP contribution in [0.25, 0.3) is 0 Å². The van der Waals surface area contributed by atoms with Gasteiger partial charge in [-0.15, -0.1) is 0 Å². The van der Waals surface area contributed by atoms with Gasteiger partial charge in [-0.05, 0) is 25.0 Å². The van der Waals surface area contributed by atoms with E-state index < -0.39 is 5.91 Å². The van der Waals surface area contributed by atoms with Crippen molar-refractivity contribution < 1.29 is 4.79 Å². The van der Waals surface area contributed by atoms with E-state index in [4.69, 9.17) is 11.5 Å². The molecule has 0 aromatic carbocycles. The number of nitrogens with two attached hydrogens (primary N) is 2. The number of aromatic nitrogens is 1. The van der Waals surface area contributed by atoms with Gasteiger partial charge in [0.15, 0.2) is 0 Å². The second-order valence-electron chi connectivity index (χ2n) is 2.91. The van der Waals surface area contributed by atoms with E-state index in [9.17, 15) is 4.79 Å². The Kier molecular flexibility index (Phi) is 2.51. The summed E-state index contributed by atoms with van der Waals surface area (Å²) < 4.78 is 0. The van der Waals surface area contributed by atoms with Crippen LogP contribution in [0.5, 0.6) is 0 Å². The number of aryl methyl sites for hydroxylation is 2. The second kappa shape index (κ2) is 3.43. The molecule has 0 aliphatic carbocycles. The zero-order valence-corrected chi connectivity index (χ0v) is 7.79. The Morgan fingerprint density at radius 1 is 1.62 bits per heavy atom. The molecule has 1 heterocycles. The van der Waals surface area contributed by atoms with Gasteiger partial charge >= 0.3 is 0 Å². The van der Waals surface area contributed by atoms with Crippen LogP contribution < -0.4 is 11.5 Å². The molecule has 13 heavy (non-hydrogen) atoms. The van der Waals surface area contributed by atoms with Crippen molar-refractivity contribution in [1.82, 2.24) is 4.98 Å². The maximum atomic E-state index is 10.9. The van der Waals surface area contributed by atoms with Crippen molar-refractivity contribution in [2.45, 2.75) is 20.3 Å². The molecule has 0 saturated heterocycles. The molecule has 1 amide bonds. The Labute approximate surface area is 77.0 Å². The number of anilines is 1. The number of nitrogens with zero attached hydrogens (tertiary/aromatic N) is 1. The summed E-state index contributed by atoms with van der Waals surface area (Å²) in [5, 5.41) is 0. The smallest absolute Gasteiger partial charge is 0.252 e. The SMILES string of the molecule is CCc1cc(C)c(C(N)=O)c(N)n1. The summed E-state index contributed by atoms with van der Waals surface area (Å²) in [4.78, 5) is 15.0. The van der Waals surface area contributed by atoms with E-state index in [0.29, 0.717) is 5.56 Å². The first-order valence-electron chi connectivity index (χ1n) is 4.12. The summed E-state index contributed by atoms with van der Waals surface area (Å²) in [7, 11) is 0. The fourth-order valence-corrected chi connectivity index (χ4v) is 1.27. The van der Waals surface area contributed by atoms with Gasteiger partial charge in [0.2, 0.25) is 0 Å². The summed E-state index contributed by atoms with van der Waals surface area (Å²) in [5.74, 6) is -0.297. The van der Waals surface area contributed by atoms with Crippen molar-refractivity contribution in [3.63, 3.8) is 0 Å². The van der Waals surface area contributed by atoms with Crippen LogP contribution in [0, 0.1) is 6.92 Å². The molecule has 0 bridgehead atoms. The third-order valence-electron chi connectivity index (χ3n) is 1.91. The Hall–Kier alpha value is -1.58. The third kappa shape index (κ3) is 1.77. The van der Waals surface area contributed by atoms with Gasteiger partial charge in [0.25, 0.3) is 5.91 Å². The monoisotopic (exact) mass is 179 g/mol. The lowest BCUT2D eigenvalue weighted by Gasteiger charge is -2.06. The average molecular weight is 179 g/mol. The largest absolute Gasteiger partial charge is 0.383 e. The van der Waals surface area contributed by atoms with E-state index >= 15 is 0 Å². The standard InChI is InChI=1S/C9H13N3O/c1-3-6-4-5(2)7(9(11)13)8(10)12-6/h4H,3H2,1-2H3,(H2,10,12)(H2,11,13). The Morgan fingerprint density at radius 3 is 2.62 bits per heavy atom. The van der Waals surface area contributed by atoms with Gasteiger partial charge in [0, 0.05) is 5.69 Å². The van der Waals surface area contributed by atoms with Gasteiger partial charge in [-0.3, -0.25) is 4.79 Å². The normalized spacial score (nSPS) is 10.0. The Balaban J connectivity index is 3.31. The van der Waals surface area contributed by atoms with E-state index in [1.54, 1.807) is 6.92 Å². The lowest BCUT2D eigenvalue weighted by Crippen LogP contribution is -2.16. The van der Waals surface area contributed by atoms with Crippen molar-refractivity contribution in [2.24, 2.45) is 5.73 Å². The van der Waals surface area contributed by atoms with Gasteiger partial charge in [-0.2, -0.15) is 0 Å². The quantitative estimate of drug-likeness (QED) is 0.698. The highest BCUT2D eigenvalue weighted by atomic mass is 16.1. The van der Waals surface area contributed by atoms with Crippen LogP contribution in [0.15, 0.2) is 6.07 Å². The number of amides is 1. The molecule has 0 aliphatic heterocycles. The number of pyridine rings is 1. The Bertz CT molecular complexity index is 324.